The molecule has 1 fully saturated rings. The predicted molar refractivity (Wildman–Crippen MR) is 90.5 cm³/mol. The van der Waals surface area contributed by atoms with Crippen molar-refractivity contribution in [2.75, 3.05) is 0 Å². The van der Waals surface area contributed by atoms with E-state index in [1.54, 1.807) is 0 Å². The summed E-state index contributed by atoms with van der Waals surface area (Å²) in [5.74, 6) is 2.72. The number of benzene rings is 1. The van der Waals surface area contributed by atoms with Crippen molar-refractivity contribution in [2.24, 2.45) is 5.92 Å². The van der Waals surface area contributed by atoms with Gasteiger partial charge in [-0.05, 0) is 43.9 Å². The van der Waals surface area contributed by atoms with E-state index in [0.29, 0.717) is 6.54 Å². The van der Waals surface area contributed by atoms with Gasteiger partial charge in [0, 0.05) is 16.5 Å². The zero-order valence-corrected chi connectivity index (χ0v) is 14.4. The van der Waals surface area contributed by atoms with Gasteiger partial charge in [0.1, 0.15) is 0 Å². The molecule has 0 amide bonds. The van der Waals surface area contributed by atoms with Crippen LogP contribution in [0.25, 0.3) is 17.1 Å². The molecule has 1 aliphatic heterocycles. The quantitative estimate of drug-likeness (QED) is 0.543. The van der Waals surface area contributed by atoms with Crippen molar-refractivity contribution in [1.29, 1.82) is 0 Å². The zero-order valence-electron chi connectivity index (χ0n) is 12.8. The Morgan fingerprint density at radius 3 is 3.00 bits per heavy atom. The van der Waals surface area contributed by atoms with Crippen LogP contribution in [0.2, 0.25) is 0 Å². The lowest BCUT2D eigenvalue weighted by atomic mass is 10.1. The van der Waals surface area contributed by atoms with Gasteiger partial charge < -0.3 is 4.57 Å². The molecule has 0 unspecified atom stereocenters. The Kier molecular flexibility index (Phi) is 2.80. The SMILES string of the molecule is Cc1ncn2c1Cn1nc(CC3CC3)nc1-c1cc(Br)ccc1-2. The maximum absolute atomic E-state index is 4.86. The molecule has 0 N–H and O–H groups in total. The maximum Gasteiger partial charge on any atom is 0.160 e. The Labute approximate surface area is 142 Å². The fraction of sp³-hybridized carbons (Fsp3) is 0.353. The first kappa shape index (κ1) is 13.5. The molecule has 0 radical (unpaired) electrons. The Morgan fingerprint density at radius 1 is 1.30 bits per heavy atom. The van der Waals surface area contributed by atoms with Gasteiger partial charge >= 0.3 is 0 Å². The molecule has 1 aromatic carbocycles. The van der Waals surface area contributed by atoms with Crippen molar-refractivity contribution in [3.63, 3.8) is 0 Å². The van der Waals surface area contributed by atoms with Crippen molar-refractivity contribution in [1.82, 2.24) is 24.3 Å². The van der Waals surface area contributed by atoms with Crippen LogP contribution < -0.4 is 0 Å². The third-order valence-electron chi connectivity index (χ3n) is 4.72. The molecule has 5 nitrogen and oxygen atoms in total. The fourth-order valence-electron chi connectivity index (χ4n) is 3.27. The molecule has 116 valence electrons. The van der Waals surface area contributed by atoms with E-state index in [1.165, 1.54) is 18.5 Å². The van der Waals surface area contributed by atoms with E-state index in [0.717, 1.165) is 45.4 Å². The van der Waals surface area contributed by atoms with Crippen molar-refractivity contribution in [3.8, 4) is 17.1 Å². The van der Waals surface area contributed by atoms with E-state index in [4.69, 9.17) is 10.1 Å². The van der Waals surface area contributed by atoms with Crippen molar-refractivity contribution >= 4 is 15.9 Å². The number of imidazole rings is 1. The summed E-state index contributed by atoms with van der Waals surface area (Å²) in [5.41, 5.74) is 4.44. The van der Waals surface area contributed by atoms with Crippen LogP contribution in [0.1, 0.15) is 30.1 Å². The van der Waals surface area contributed by atoms with Crippen LogP contribution in [0.5, 0.6) is 0 Å². The summed E-state index contributed by atoms with van der Waals surface area (Å²) in [6, 6.07) is 6.31. The second kappa shape index (κ2) is 4.77. The standard InChI is InChI=1S/C17H16BrN5/c1-10-15-8-23-17(20-16(21-23)6-11-2-3-11)13-7-12(18)4-5-14(13)22(15)9-19-10/h4-5,7,9,11H,2-3,6,8H2,1H3. The van der Waals surface area contributed by atoms with Gasteiger partial charge in [0.15, 0.2) is 11.6 Å². The Balaban J connectivity index is 1.74. The summed E-state index contributed by atoms with van der Waals surface area (Å²) in [4.78, 5) is 9.35. The minimum atomic E-state index is 0.713. The zero-order chi connectivity index (χ0) is 15.6. The second-order valence-corrected chi connectivity index (χ2v) is 7.38. The number of aromatic nitrogens is 5. The first-order valence-corrected chi connectivity index (χ1v) is 8.75. The highest BCUT2D eigenvalue weighted by Crippen LogP contribution is 2.35. The molecule has 1 saturated carbocycles. The summed E-state index contributed by atoms with van der Waals surface area (Å²) in [6.07, 6.45) is 5.53. The van der Waals surface area contributed by atoms with Crippen LogP contribution in [0.15, 0.2) is 29.0 Å². The smallest absolute Gasteiger partial charge is 0.160 e. The number of nitrogens with zero attached hydrogens (tertiary/aromatic N) is 5. The summed E-state index contributed by atoms with van der Waals surface area (Å²) >= 11 is 3.59. The number of halogens is 1. The molecule has 6 heteroatoms. The van der Waals surface area contributed by atoms with Crippen LogP contribution in [-0.2, 0) is 13.0 Å². The molecule has 0 spiro atoms. The van der Waals surface area contributed by atoms with E-state index in [9.17, 15) is 0 Å². The molecule has 3 heterocycles. The number of fused-ring (bicyclic) bond motifs is 5. The van der Waals surface area contributed by atoms with Crippen LogP contribution >= 0.6 is 15.9 Å². The van der Waals surface area contributed by atoms with E-state index in [-0.39, 0.29) is 0 Å². The summed E-state index contributed by atoms with van der Waals surface area (Å²) in [5, 5.41) is 4.79. The van der Waals surface area contributed by atoms with E-state index in [2.05, 4.69) is 50.6 Å². The summed E-state index contributed by atoms with van der Waals surface area (Å²) < 4.78 is 5.25. The Bertz CT molecular complexity index is 919. The lowest BCUT2D eigenvalue weighted by Crippen LogP contribution is -2.06. The minimum Gasteiger partial charge on any atom is -0.300 e. The molecule has 23 heavy (non-hydrogen) atoms. The van der Waals surface area contributed by atoms with Crippen LogP contribution in [0.4, 0.5) is 0 Å². The first-order valence-electron chi connectivity index (χ1n) is 7.96. The average molecular weight is 370 g/mol. The van der Waals surface area contributed by atoms with Gasteiger partial charge in [-0.3, -0.25) is 0 Å². The first-order chi connectivity index (χ1) is 11.2. The fourth-order valence-corrected chi connectivity index (χ4v) is 3.63. The van der Waals surface area contributed by atoms with Crippen molar-refractivity contribution in [3.05, 3.63) is 46.2 Å². The van der Waals surface area contributed by atoms with Gasteiger partial charge in [-0.25, -0.2) is 14.6 Å². The van der Waals surface area contributed by atoms with Gasteiger partial charge in [0.05, 0.1) is 29.9 Å². The predicted octanol–water partition coefficient (Wildman–Crippen LogP) is 3.52. The highest BCUT2D eigenvalue weighted by Gasteiger charge is 2.27. The third-order valence-corrected chi connectivity index (χ3v) is 5.21. The maximum atomic E-state index is 4.86. The van der Waals surface area contributed by atoms with Gasteiger partial charge in [0.25, 0.3) is 0 Å². The highest BCUT2D eigenvalue weighted by molar-refractivity contribution is 9.10. The molecule has 0 atom stereocenters. The molecule has 2 aromatic heterocycles. The lowest BCUT2D eigenvalue weighted by Gasteiger charge is -2.08. The average Bonchev–Trinajstić information content (AvgIpc) is 3.17. The minimum absolute atomic E-state index is 0.713. The number of hydrogen-bond acceptors (Lipinski definition) is 3. The molecular weight excluding hydrogens is 354 g/mol. The Hall–Kier alpha value is -1.95. The van der Waals surface area contributed by atoms with Crippen LogP contribution in [0, 0.1) is 12.8 Å². The van der Waals surface area contributed by atoms with Gasteiger partial charge in [-0.15, -0.1) is 0 Å². The number of rotatable bonds is 2. The van der Waals surface area contributed by atoms with Gasteiger partial charge in [-0.2, -0.15) is 5.10 Å². The molecular formula is C17H16BrN5. The van der Waals surface area contributed by atoms with Crippen LogP contribution in [-0.4, -0.2) is 24.3 Å². The molecule has 5 rings (SSSR count). The van der Waals surface area contributed by atoms with Crippen molar-refractivity contribution < 1.29 is 0 Å². The van der Waals surface area contributed by atoms with Gasteiger partial charge in [-0.1, -0.05) is 15.9 Å². The van der Waals surface area contributed by atoms with E-state index in [1.807, 2.05) is 11.0 Å². The van der Waals surface area contributed by atoms with E-state index >= 15 is 0 Å². The molecule has 0 bridgehead atoms. The normalized spacial score (nSPS) is 15.7. The molecule has 3 aromatic rings. The molecule has 2 aliphatic rings. The highest BCUT2D eigenvalue weighted by atomic mass is 79.9. The molecule has 1 aliphatic carbocycles. The third kappa shape index (κ3) is 2.16. The largest absolute Gasteiger partial charge is 0.300 e. The number of aryl methyl sites for hydroxylation is 1. The second-order valence-electron chi connectivity index (χ2n) is 6.46. The summed E-state index contributed by atoms with van der Waals surface area (Å²) in [6.45, 7) is 2.77. The molecule has 0 saturated heterocycles. The van der Waals surface area contributed by atoms with Crippen LogP contribution in [0.3, 0.4) is 0 Å². The Morgan fingerprint density at radius 2 is 2.17 bits per heavy atom. The number of hydrogen-bond donors (Lipinski definition) is 0. The van der Waals surface area contributed by atoms with E-state index < -0.39 is 0 Å². The summed E-state index contributed by atoms with van der Waals surface area (Å²) in [7, 11) is 0. The topological polar surface area (TPSA) is 48.5 Å². The lowest BCUT2D eigenvalue weighted by molar-refractivity contribution is 0.651. The van der Waals surface area contributed by atoms with Gasteiger partial charge in [0.2, 0.25) is 0 Å². The van der Waals surface area contributed by atoms with Crippen molar-refractivity contribution in [2.45, 2.75) is 32.7 Å². The monoisotopic (exact) mass is 369 g/mol.